The quantitative estimate of drug-likeness (QED) is 0.578. The molecule has 0 unspecified atom stereocenters. The molecule has 1 aromatic carbocycles. The molecule has 1 aromatic heterocycles. The van der Waals surface area contributed by atoms with E-state index < -0.39 is 0 Å². The minimum Gasteiger partial charge on any atom is -0.283 e. The highest BCUT2D eigenvalue weighted by Crippen LogP contribution is 2.35. The molecule has 3 rings (SSSR count). The first-order chi connectivity index (χ1) is 12.1. The van der Waals surface area contributed by atoms with Crippen LogP contribution in [0.15, 0.2) is 65.3 Å². The Balaban J connectivity index is 1.98. The van der Waals surface area contributed by atoms with Gasteiger partial charge in [0.15, 0.2) is 5.17 Å². The van der Waals surface area contributed by atoms with E-state index in [1.54, 1.807) is 36.5 Å². The van der Waals surface area contributed by atoms with Crippen molar-refractivity contribution in [2.45, 2.75) is 0 Å². The van der Waals surface area contributed by atoms with Crippen molar-refractivity contribution in [1.29, 1.82) is 0 Å². The zero-order valence-electron chi connectivity index (χ0n) is 13.0. The first-order valence-corrected chi connectivity index (χ1v) is 8.54. The lowest BCUT2D eigenvalue weighted by molar-refractivity contribution is -0.121. The number of halogens is 2. The normalized spacial score (nSPS) is 17.5. The molecule has 0 aliphatic carbocycles. The van der Waals surface area contributed by atoms with Gasteiger partial charge in [-0.2, -0.15) is 0 Å². The fraction of sp³-hybridized carbons (Fsp3) is 0.0556. The summed E-state index contributed by atoms with van der Waals surface area (Å²) in [7, 11) is 0. The second-order valence-electron chi connectivity index (χ2n) is 5.09. The molecule has 7 heteroatoms. The van der Waals surface area contributed by atoms with Crippen LogP contribution in [0.25, 0.3) is 6.08 Å². The second kappa shape index (κ2) is 7.63. The van der Waals surface area contributed by atoms with Gasteiger partial charge < -0.3 is 0 Å². The van der Waals surface area contributed by atoms with Gasteiger partial charge in [0, 0.05) is 18.9 Å². The van der Waals surface area contributed by atoms with Gasteiger partial charge in [-0.1, -0.05) is 29.8 Å². The molecule has 2 heterocycles. The predicted octanol–water partition coefficient (Wildman–Crippen LogP) is 4.66. The van der Waals surface area contributed by atoms with E-state index in [9.17, 15) is 9.18 Å². The number of hydrogen-bond acceptors (Lipinski definition) is 4. The Morgan fingerprint density at radius 3 is 2.96 bits per heavy atom. The van der Waals surface area contributed by atoms with Crippen LogP contribution in [0.4, 0.5) is 10.1 Å². The summed E-state index contributed by atoms with van der Waals surface area (Å²) in [4.78, 5) is 23.0. The van der Waals surface area contributed by atoms with E-state index in [1.165, 1.54) is 35.0 Å². The Morgan fingerprint density at radius 2 is 2.24 bits per heavy atom. The monoisotopic (exact) mass is 373 g/mol. The molecular formula is C18H13ClFN3OS. The van der Waals surface area contributed by atoms with Gasteiger partial charge in [0.2, 0.25) is 0 Å². The molecule has 1 saturated heterocycles. The Kier molecular flexibility index (Phi) is 5.31. The number of aromatic nitrogens is 1. The van der Waals surface area contributed by atoms with Crippen molar-refractivity contribution in [2.24, 2.45) is 4.99 Å². The number of carbonyl (C=O) groups is 1. The van der Waals surface area contributed by atoms with Crippen LogP contribution >= 0.6 is 23.4 Å². The van der Waals surface area contributed by atoms with Gasteiger partial charge in [-0.3, -0.25) is 14.7 Å². The molecule has 4 nitrogen and oxygen atoms in total. The van der Waals surface area contributed by atoms with Crippen molar-refractivity contribution in [2.75, 3.05) is 6.54 Å². The van der Waals surface area contributed by atoms with Gasteiger partial charge >= 0.3 is 0 Å². The molecule has 0 radical (unpaired) electrons. The summed E-state index contributed by atoms with van der Waals surface area (Å²) in [5.74, 6) is -0.566. The van der Waals surface area contributed by atoms with Crippen molar-refractivity contribution >= 4 is 46.2 Å². The summed E-state index contributed by atoms with van der Waals surface area (Å²) in [5, 5.41) is 0.879. The average Bonchev–Trinajstić information content (AvgIpc) is 2.86. The number of hydrogen-bond donors (Lipinski definition) is 0. The van der Waals surface area contributed by atoms with Gasteiger partial charge in [-0.05, 0) is 41.6 Å². The smallest absolute Gasteiger partial charge is 0.267 e. The summed E-state index contributed by atoms with van der Waals surface area (Å²) in [6.07, 6.45) is 6.33. The molecule has 126 valence electrons. The lowest BCUT2D eigenvalue weighted by Crippen LogP contribution is -2.29. The zero-order valence-corrected chi connectivity index (χ0v) is 14.6. The fourth-order valence-electron chi connectivity index (χ4n) is 2.19. The van der Waals surface area contributed by atoms with Gasteiger partial charge in [0.05, 0.1) is 15.6 Å². The number of amides is 1. The molecule has 25 heavy (non-hydrogen) atoms. The van der Waals surface area contributed by atoms with Crippen LogP contribution < -0.4 is 0 Å². The Hall–Kier alpha value is -2.44. The molecule has 0 bridgehead atoms. The van der Waals surface area contributed by atoms with E-state index in [4.69, 9.17) is 11.6 Å². The van der Waals surface area contributed by atoms with E-state index in [0.717, 1.165) is 0 Å². The van der Waals surface area contributed by atoms with Crippen LogP contribution in [0.2, 0.25) is 5.02 Å². The average molecular weight is 374 g/mol. The minimum atomic E-state index is -0.356. The SMILES string of the molecule is C=CCN1C(=O)/C(=C/c2cccc(F)c2)SC1=Nc1ccncc1Cl. The Labute approximate surface area is 153 Å². The maximum absolute atomic E-state index is 13.4. The first-order valence-electron chi connectivity index (χ1n) is 7.34. The molecule has 0 spiro atoms. The molecule has 2 aromatic rings. The van der Waals surface area contributed by atoms with Crippen molar-refractivity contribution < 1.29 is 9.18 Å². The summed E-state index contributed by atoms with van der Waals surface area (Å²) in [5.41, 5.74) is 1.13. The van der Waals surface area contributed by atoms with E-state index in [0.29, 0.717) is 32.9 Å². The second-order valence-corrected chi connectivity index (χ2v) is 6.51. The lowest BCUT2D eigenvalue weighted by atomic mass is 10.2. The number of thioether (sulfide) groups is 1. The number of aliphatic imine (C=N–C) groups is 1. The van der Waals surface area contributed by atoms with Crippen LogP contribution in [0.5, 0.6) is 0 Å². The predicted molar refractivity (Wildman–Crippen MR) is 100 cm³/mol. The highest BCUT2D eigenvalue weighted by molar-refractivity contribution is 8.18. The van der Waals surface area contributed by atoms with Crippen LogP contribution in [-0.4, -0.2) is 27.5 Å². The number of amidine groups is 1. The lowest BCUT2D eigenvalue weighted by Gasteiger charge is -2.12. The van der Waals surface area contributed by atoms with Gasteiger partial charge in [0.25, 0.3) is 5.91 Å². The first kappa shape index (κ1) is 17.4. The molecule has 0 atom stereocenters. The third-order valence-electron chi connectivity index (χ3n) is 3.31. The van der Waals surface area contributed by atoms with E-state index >= 15 is 0 Å². The molecule has 1 aliphatic rings. The van der Waals surface area contributed by atoms with Crippen LogP contribution in [0, 0.1) is 5.82 Å². The molecule has 1 aliphatic heterocycles. The van der Waals surface area contributed by atoms with E-state index in [1.807, 2.05) is 0 Å². The molecular weight excluding hydrogens is 361 g/mol. The topological polar surface area (TPSA) is 45.6 Å². The van der Waals surface area contributed by atoms with Gasteiger partial charge in [-0.25, -0.2) is 9.38 Å². The summed E-state index contributed by atoms with van der Waals surface area (Å²) in [6, 6.07) is 7.72. The summed E-state index contributed by atoms with van der Waals surface area (Å²) < 4.78 is 13.4. The highest BCUT2D eigenvalue weighted by Gasteiger charge is 2.32. The van der Waals surface area contributed by atoms with Crippen molar-refractivity contribution in [1.82, 2.24) is 9.88 Å². The van der Waals surface area contributed by atoms with E-state index in [-0.39, 0.29) is 11.7 Å². The number of rotatable bonds is 4. The van der Waals surface area contributed by atoms with Crippen LogP contribution in [0.1, 0.15) is 5.56 Å². The fourth-order valence-corrected chi connectivity index (χ4v) is 3.35. The van der Waals surface area contributed by atoms with E-state index in [2.05, 4.69) is 16.6 Å². The van der Waals surface area contributed by atoms with Crippen molar-refractivity contribution in [3.8, 4) is 0 Å². The summed E-state index contributed by atoms with van der Waals surface area (Å²) in [6.45, 7) is 3.99. The van der Waals surface area contributed by atoms with Crippen LogP contribution in [0.3, 0.4) is 0 Å². The Bertz CT molecular complexity index is 897. The maximum Gasteiger partial charge on any atom is 0.267 e. The molecule has 0 N–H and O–H groups in total. The molecule has 1 amide bonds. The van der Waals surface area contributed by atoms with Crippen LogP contribution in [-0.2, 0) is 4.79 Å². The highest BCUT2D eigenvalue weighted by atomic mass is 35.5. The number of carbonyl (C=O) groups excluding carboxylic acids is 1. The Morgan fingerprint density at radius 1 is 1.40 bits per heavy atom. The van der Waals surface area contributed by atoms with Gasteiger partial charge in [-0.15, -0.1) is 6.58 Å². The summed E-state index contributed by atoms with van der Waals surface area (Å²) >= 11 is 7.30. The number of pyridine rings is 1. The zero-order chi connectivity index (χ0) is 17.8. The largest absolute Gasteiger partial charge is 0.283 e. The maximum atomic E-state index is 13.4. The number of benzene rings is 1. The van der Waals surface area contributed by atoms with Crippen molar-refractivity contribution in [3.05, 3.63) is 76.7 Å². The number of nitrogens with zero attached hydrogens (tertiary/aromatic N) is 3. The third-order valence-corrected chi connectivity index (χ3v) is 4.61. The van der Waals surface area contributed by atoms with Gasteiger partial charge in [0.1, 0.15) is 5.82 Å². The molecule has 0 saturated carbocycles. The minimum absolute atomic E-state index is 0.210. The standard InChI is InChI=1S/C18H13ClFN3OS/c1-2-8-23-17(24)16(10-12-4-3-5-13(20)9-12)25-18(23)22-15-6-7-21-11-14(15)19/h2-7,9-11H,1,8H2/b16-10-,22-18?. The van der Waals surface area contributed by atoms with Crippen molar-refractivity contribution in [3.63, 3.8) is 0 Å². The molecule has 1 fully saturated rings. The third kappa shape index (κ3) is 3.97.